The normalized spacial score (nSPS) is 20.2. The van der Waals surface area contributed by atoms with Crippen molar-refractivity contribution >= 4 is 7.28 Å². The van der Waals surface area contributed by atoms with E-state index in [1.165, 1.54) is 35.8 Å². The zero-order valence-corrected chi connectivity index (χ0v) is 8.01. The fourth-order valence-electron chi connectivity index (χ4n) is 1.89. The van der Waals surface area contributed by atoms with Crippen molar-refractivity contribution in [2.24, 2.45) is 0 Å². The van der Waals surface area contributed by atoms with E-state index in [-0.39, 0.29) is 0 Å². The summed E-state index contributed by atoms with van der Waals surface area (Å²) < 4.78 is 0. The minimum absolute atomic E-state index is 0.584. The molecule has 1 heterocycles. The van der Waals surface area contributed by atoms with Gasteiger partial charge in [0.2, 0.25) is 0 Å². The van der Waals surface area contributed by atoms with Crippen LogP contribution in [0.25, 0.3) is 0 Å². The second-order valence-corrected chi connectivity index (χ2v) is 3.44. The van der Waals surface area contributed by atoms with Gasteiger partial charge in [-0.1, -0.05) is 22.6 Å². The second kappa shape index (κ2) is 4.12. The number of hydrogen-bond acceptors (Lipinski definition) is 2. The Hall–Kier alpha value is -0.535. The van der Waals surface area contributed by atoms with E-state index in [1.54, 1.807) is 0 Å². The third-order valence-corrected chi connectivity index (χ3v) is 2.45. The van der Waals surface area contributed by atoms with Gasteiger partial charge in [-0.2, -0.15) is 0 Å². The van der Waals surface area contributed by atoms with Crippen LogP contribution in [0, 0.1) is 0 Å². The van der Waals surface area contributed by atoms with Crippen LogP contribution in [0.2, 0.25) is 0 Å². The average Bonchev–Trinajstić information content (AvgIpc) is 2.64. The Morgan fingerprint density at radius 2 is 2.31 bits per heavy atom. The van der Waals surface area contributed by atoms with Gasteiger partial charge < -0.3 is 0 Å². The van der Waals surface area contributed by atoms with E-state index in [0.717, 1.165) is 0 Å². The van der Waals surface area contributed by atoms with Gasteiger partial charge in [-0.25, -0.2) is 9.78 Å². The molecule has 0 N–H and O–H groups in total. The van der Waals surface area contributed by atoms with Gasteiger partial charge in [0.05, 0.1) is 13.2 Å². The molecule has 0 aromatic rings. The maximum atomic E-state index is 5.01. The summed E-state index contributed by atoms with van der Waals surface area (Å²) in [7, 11) is 2.24. The molecule has 1 aliphatic carbocycles. The average molecular weight is 177 g/mol. The first-order valence-corrected chi connectivity index (χ1v) is 4.92. The molecule has 0 unspecified atom stereocenters. The van der Waals surface area contributed by atoms with Gasteiger partial charge in [0.25, 0.3) is 0 Å². The van der Waals surface area contributed by atoms with E-state index < -0.39 is 0 Å². The topological polar surface area (TPSA) is 18.5 Å². The number of rotatable bonds is 4. The first-order chi connectivity index (χ1) is 6.40. The Morgan fingerprint density at radius 3 is 3.08 bits per heavy atom. The first-order valence-electron chi connectivity index (χ1n) is 4.92. The molecule has 1 aliphatic heterocycles. The van der Waals surface area contributed by atoms with Crippen LogP contribution in [0.5, 0.6) is 0 Å². The highest BCUT2D eigenvalue weighted by Gasteiger charge is 2.21. The van der Waals surface area contributed by atoms with Crippen LogP contribution in [0.3, 0.4) is 0 Å². The number of hydrogen-bond donors (Lipinski definition) is 0. The minimum Gasteiger partial charge on any atom is -0.237 e. The molecular formula is C10H14BO2. The smallest absolute Gasteiger partial charge is 0.183 e. The summed E-state index contributed by atoms with van der Waals surface area (Å²) in [4.78, 5) is 9.84. The quantitative estimate of drug-likeness (QED) is 0.283. The molecule has 3 heteroatoms. The lowest BCUT2D eigenvalue weighted by molar-refractivity contribution is -0.283. The summed E-state index contributed by atoms with van der Waals surface area (Å²) in [6, 6.07) is 0. The third-order valence-electron chi connectivity index (χ3n) is 2.45. The van der Waals surface area contributed by atoms with E-state index in [1.807, 2.05) is 6.92 Å². The predicted octanol–water partition coefficient (Wildman–Crippen LogP) is 1.99. The molecule has 2 nitrogen and oxygen atoms in total. The summed E-state index contributed by atoms with van der Waals surface area (Å²) in [5, 5.41) is 0. The van der Waals surface area contributed by atoms with Crippen LogP contribution in [0.15, 0.2) is 22.6 Å². The SMILES string of the molecule is CCOOCC1=CC2=C([B]1)CCC2. The molecule has 0 bridgehead atoms. The molecule has 69 valence electrons. The highest BCUT2D eigenvalue weighted by molar-refractivity contribution is 6.56. The molecule has 13 heavy (non-hydrogen) atoms. The van der Waals surface area contributed by atoms with Crippen molar-refractivity contribution in [3.63, 3.8) is 0 Å². The Balaban J connectivity index is 1.79. The van der Waals surface area contributed by atoms with Crippen molar-refractivity contribution in [1.29, 1.82) is 0 Å². The zero-order valence-electron chi connectivity index (χ0n) is 8.01. The molecule has 0 saturated heterocycles. The zero-order chi connectivity index (χ0) is 9.10. The highest BCUT2D eigenvalue weighted by atomic mass is 17.2. The van der Waals surface area contributed by atoms with E-state index in [4.69, 9.17) is 9.78 Å². The van der Waals surface area contributed by atoms with Gasteiger partial charge in [-0.05, 0) is 26.2 Å². The summed E-state index contributed by atoms with van der Waals surface area (Å²) in [5.74, 6) is 0. The Bertz CT molecular complexity index is 256. The van der Waals surface area contributed by atoms with Crippen LogP contribution in [0.4, 0.5) is 0 Å². The fourth-order valence-corrected chi connectivity index (χ4v) is 1.89. The van der Waals surface area contributed by atoms with Crippen molar-refractivity contribution in [3.8, 4) is 0 Å². The molecule has 0 fully saturated rings. The van der Waals surface area contributed by atoms with Crippen molar-refractivity contribution < 1.29 is 9.78 Å². The molecule has 0 aromatic heterocycles. The fraction of sp³-hybridized carbons (Fsp3) is 0.600. The van der Waals surface area contributed by atoms with Gasteiger partial charge >= 0.3 is 0 Å². The Kier molecular flexibility index (Phi) is 2.86. The first kappa shape index (κ1) is 9.04. The molecule has 0 saturated carbocycles. The van der Waals surface area contributed by atoms with E-state index >= 15 is 0 Å². The Morgan fingerprint density at radius 1 is 1.38 bits per heavy atom. The van der Waals surface area contributed by atoms with Crippen molar-refractivity contribution in [3.05, 3.63) is 22.6 Å². The molecular weight excluding hydrogens is 163 g/mol. The largest absolute Gasteiger partial charge is 0.237 e. The molecule has 1 radical (unpaired) electrons. The highest BCUT2D eigenvalue weighted by Crippen LogP contribution is 2.32. The van der Waals surface area contributed by atoms with Crippen LogP contribution >= 0.6 is 0 Å². The monoisotopic (exact) mass is 177 g/mol. The Labute approximate surface area is 79.8 Å². The molecule has 2 rings (SSSR count). The minimum atomic E-state index is 0.584. The summed E-state index contributed by atoms with van der Waals surface area (Å²) in [5.41, 5.74) is 4.27. The maximum Gasteiger partial charge on any atom is 0.183 e. The molecule has 0 aromatic carbocycles. The molecule has 2 aliphatic rings. The summed E-state index contributed by atoms with van der Waals surface area (Å²) in [6.07, 6.45) is 6.03. The van der Waals surface area contributed by atoms with Gasteiger partial charge in [-0.3, -0.25) is 0 Å². The predicted molar refractivity (Wildman–Crippen MR) is 52.3 cm³/mol. The van der Waals surface area contributed by atoms with Crippen molar-refractivity contribution in [2.45, 2.75) is 26.2 Å². The van der Waals surface area contributed by atoms with E-state index in [9.17, 15) is 0 Å². The van der Waals surface area contributed by atoms with Gasteiger partial charge in [-0.15, -0.1) is 0 Å². The maximum absolute atomic E-state index is 5.01. The van der Waals surface area contributed by atoms with Gasteiger partial charge in [0.1, 0.15) is 0 Å². The lowest BCUT2D eigenvalue weighted by Crippen LogP contribution is -2.04. The lowest BCUT2D eigenvalue weighted by atomic mass is 9.65. The van der Waals surface area contributed by atoms with Crippen LogP contribution in [-0.4, -0.2) is 20.5 Å². The van der Waals surface area contributed by atoms with Crippen molar-refractivity contribution in [1.82, 2.24) is 0 Å². The van der Waals surface area contributed by atoms with E-state index in [2.05, 4.69) is 13.4 Å². The standard InChI is InChI=1S/C10H14BO2/c1-2-12-13-7-9-6-8-4-3-5-10(8)11-9/h6H,2-5,7H2,1H3. The van der Waals surface area contributed by atoms with E-state index in [0.29, 0.717) is 13.2 Å². The van der Waals surface area contributed by atoms with Gasteiger partial charge in [0.15, 0.2) is 7.28 Å². The summed E-state index contributed by atoms with van der Waals surface area (Å²) in [6.45, 7) is 3.12. The third kappa shape index (κ3) is 2.04. The second-order valence-electron chi connectivity index (χ2n) is 3.44. The molecule has 0 amide bonds. The lowest BCUT2D eigenvalue weighted by Gasteiger charge is -2.03. The van der Waals surface area contributed by atoms with Crippen LogP contribution in [0.1, 0.15) is 26.2 Å². The van der Waals surface area contributed by atoms with Crippen LogP contribution in [-0.2, 0) is 9.78 Å². The molecule has 0 spiro atoms. The number of allylic oxidation sites excluding steroid dienone is 3. The van der Waals surface area contributed by atoms with Crippen LogP contribution < -0.4 is 0 Å². The molecule has 0 atom stereocenters. The van der Waals surface area contributed by atoms with Crippen molar-refractivity contribution in [2.75, 3.05) is 13.2 Å². The summed E-state index contributed by atoms with van der Waals surface area (Å²) >= 11 is 0. The van der Waals surface area contributed by atoms with Gasteiger partial charge in [0, 0.05) is 0 Å².